The van der Waals surface area contributed by atoms with E-state index in [9.17, 15) is 33.9 Å². The molecular weight excluding hydrogens is 592 g/mol. The van der Waals surface area contributed by atoms with Crippen molar-refractivity contribution < 1.29 is 62.3 Å². The third-order valence-corrected chi connectivity index (χ3v) is 7.91. The van der Waals surface area contributed by atoms with Crippen molar-refractivity contribution in [3.63, 3.8) is 0 Å². The molecule has 0 heterocycles. The van der Waals surface area contributed by atoms with Crippen LogP contribution >= 0.6 is 0 Å². The topological polar surface area (TPSA) is 178 Å². The van der Waals surface area contributed by atoms with Crippen molar-refractivity contribution in [2.24, 2.45) is 11.3 Å². The summed E-state index contributed by atoms with van der Waals surface area (Å²) in [6.07, 6.45) is -4.72. The minimum atomic E-state index is -1.43. The van der Waals surface area contributed by atoms with E-state index in [4.69, 9.17) is 28.4 Å². The Kier molecular flexibility index (Phi) is 12.7. The normalized spacial score (nSPS) is 28.3. The smallest absolute Gasteiger partial charge is 0.307 e. The Morgan fingerprint density at radius 1 is 0.733 bits per heavy atom. The monoisotopic (exact) mass is 636 g/mol. The third-order valence-electron chi connectivity index (χ3n) is 7.91. The van der Waals surface area contributed by atoms with Gasteiger partial charge in [-0.2, -0.15) is 0 Å². The van der Waals surface area contributed by atoms with E-state index in [-0.39, 0.29) is 36.4 Å². The maximum atomic E-state index is 12.6. The van der Waals surface area contributed by atoms with Crippen LogP contribution in [0.15, 0.2) is 34.1 Å². The van der Waals surface area contributed by atoms with E-state index in [1.165, 1.54) is 40.7 Å². The van der Waals surface area contributed by atoms with Crippen LogP contribution in [-0.4, -0.2) is 78.0 Å². The summed E-state index contributed by atoms with van der Waals surface area (Å²) in [6.45, 7) is 13.5. The molecule has 2 aliphatic rings. The molecule has 0 aliphatic heterocycles. The maximum Gasteiger partial charge on any atom is 0.307 e. The first-order valence-electron chi connectivity index (χ1n) is 14.6. The van der Waals surface area contributed by atoms with Crippen LogP contribution in [0, 0.1) is 11.3 Å². The molecule has 13 heteroatoms. The molecule has 1 N–H and O–H groups in total. The molecule has 0 unspecified atom stereocenters. The molecule has 0 amide bonds. The Balaban J connectivity index is 3.15. The number of aliphatic hydroxyl groups is 1. The Bertz CT molecular complexity index is 1300. The molecule has 6 atom stereocenters. The van der Waals surface area contributed by atoms with Gasteiger partial charge in [-0.25, -0.2) is 0 Å². The van der Waals surface area contributed by atoms with Gasteiger partial charge in [0.2, 0.25) is 0 Å². The van der Waals surface area contributed by atoms with Crippen LogP contribution in [0.2, 0.25) is 0 Å². The Hall–Kier alpha value is -4.00. The van der Waals surface area contributed by atoms with E-state index in [1.807, 2.05) is 0 Å². The predicted octanol–water partition coefficient (Wildman–Crippen LogP) is 3.17. The van der Waals surface area contributed by atoms with Crippen molar-refractivity contribution in [3.05, 3.63) is 34.1 Å². The molecule has 45 heavy (non-hydrogen) atoms. The molecule has 0 spiro atoms. The van der Waals surface area contributed by atoms with Gasteiger partial charge >= 0.3 is 35.8 Å². The van der Waals surface area contributed by atoms with Gasteiger partial charge in [0.25, 0.3) is 0 Å². The zero-order valence-corrected chi connectivity index (χ0v) is 27.5. The first-order chi connectivity index (χ1) is 20.8. The second-order valence-electron chi connectivity index (χ2n) is 11.8. The van der Waals surface area contributed by atoms with Gasteiger partial charge in [0.05, 0.1) is 6.10 Å². The number of hydrogen-bond acceptors (Lipinski definition) is 13. The molecule has 0 radical (unpaired) electrons. The third kappa shape index (κ3) is 9.74. The van der Waals surface area contributed by atoms with Crippen LogP contribution in [-0.2, 0) is 57.2 Å². The quantitative estimate of drug-likeness (QED) is 0.245. The molecule has 2 aliphatic carbocycles. The highest BCUT2D eigenvalue weighted by Gasteiger charge is 2.51. The van der Waals surface area contributed by atoms with Crippen LogP contribution in [0.4, 0.5) is 0 Å². The first kappa shape index (κ1) is 37.2. The average Bonchev–Trinajstić information content (AvgIpc) is 2.87. The summed E-state index contributed by atoms with van der Waals surface area (Å²) < 4.78 is 33.8. The lowest BCUT2D eigenvalue weighted by molar-refractivity contribution is -0.156. The van der Waals surface area contributed by atoms with Crippen molar-refractivity contribution in [2.75, 3.05) is 6.61 Å². The summed E-state index contributed by atoms with van der Waals surface area (Å²) in [5.41, 5.74) is 0.140. The van der Waals surface area contributed by atoms with Gasteiger partial charge in [0.1, 0.15) is 24.9 Å². The van der Waals surface area contributed by atoms with E-state index < -0.39 is 77.7 Å². The summed E-state index contributed by atoms with van der Waals surface area (Å²) in [5, 5.41) is 11.5. The number of rotatable bonds is 7. The van der Waals surface area contributed by atoms with Gasteiger partial charge < -0.3 is 33.5 Å². The lowest BCUT2D eigenvalue weighted by atomic mass is 9.60. The van der Waals surface area contributed by atoms with Crippen molar-refractivity contribution >= 4 is 35.8 Å². The maximum absolute atomic E-state index is 12.6. The predicted molar refractivity (Wildman–Crippen MR) is 157 cm³/mol. The lowest BCUT2D eigenvalue weighted by Gasteiger charge is -2.48. The minimum Gasteiger partial charge on any atom is -0.461 e. The van der Waals surface area contributed by atoms with Gasteiger partial charge in [-0.1, -0.05) is 13.8 Å². The summed E-state index contributed by atoms with van der Waals surface area (Å²) in [6, 6.07) is 0. The number of ether oxygens (including phenoxy) is 6. The van der Waals surface area contributed by atoms with E-state index in [0.29, 0.717) is 11.1 Å². The first-order valence-corrected chi connectivity index (χ1v) is 14.6. The summed E-state index contributed by atoms with van der Waals surface area (Å²) in [5.74, 6) is -5.00. The number of aliphatic hydroxyl groups excluding tert-OH is 1. The molecule has 250 valence electrons. The molecule has 13 nitrogen and oxygen atoms in total. The Morgan fingerprint density at radius 3 is 1.71 bits per heavy atom. The number of carbonyl (C=O) groups excluding carboxylic acids is 6. The van der Waals surface area contributed by atoms with Gasteiger partial charge in [-0.15, -0.1) is 0 Å². The molecule has 0 saturated heterocycles. The average molecular weight is 637 g/mol. The van der Waals surface area contributed by atoms with Gasteiger partial charge in [-0.05, 0) is 48.5 Å². The molecule has 0 aromatic rings. The van der Waals surface area contributed by atoms with Gasteiger partial charge in [0.15, 0.2) is 11.9 Å². The number of carbonyl (C=O) groups is 6. The highest BCUT2D eigenvalue weighted by molar-refractivity contribution is 5.71. The molecule has 2 rings (SSSR count). The van der Waals surface area contributed by atoms with Crippen molar-refractivity contribution in [2.45, 2.75) is 113 Å². The van der Waals surface area contributed by atoms with E-state index in [0.717, 1.165) is 13.8 Å². The standard InChI is InChI=1S/C32H44O13/c1-15-26(41-18(4)34)12-24-28(43-20(6)36)11-23(14-40-17(3)33)25(39)13-27(42-19(5)35)16(2)30(44-21(7)37)31(45-22(8)38)29(15)32(24,9)10/h11,24-28,31,39H,12-14H2,1-10H3/b23-11?,30-16+/t24-,25-,26-,27-,28-,31+/m0/s1. The van der Waals surface area contributed by atoms with E-state index >= 15 is 0 Å². The number of fused-ring (bicyclic) bond motifs is 2. The van der Waals surface area contributed by atoms with Crippen LogP contribution in [0.3, 0.4) is 0 Å². The zero-order chi connectivity index (χ0) is 34.4. The fourth-order valence-corrected chi connectivity index (χ4v) is 6.02. The van der Waals surface area contributed by atoms with Crippen molar-refractivity contribution in [1.82, 2.24) is 0 Å². The zero-order valence-electron chi connectivity index (χ0n) is 27.5. The fourth-order valence-electron chi connectivity index (χ4n) is 6.02. The molecule has 0 fully saturated rings. The number of esters is 6. The van der Waals surface area contributed by atoms with Crippen LogP contribution in [0.5, 0.6) is 0 Å². The second kappa shape index (κ2) is 15.3. The van der Waals surface area contributed by atoms with E-state index in [1.54, 1.807) is 20.8 Å². The second-order valence-corrected chi connectivity index (χ2v) is 11.8. The van der Waals surface area contributed by atoms with Crippen molar-refractivity contribution in [3.8, 4) is 0 Å². The Morgan fingerprint density at radius 2 is 1.24 bits per heavy atom. The highest BCUT2D eigenvalue weighted by Crippen LogP contribution is 2.51. The lowest BCUT2D eigenvalue weighted by Crippen LogP contribution is -2.49. The van der Waals surface area contributed by atoms with Crippen molar-refractivity contribution in [1.29, 1.82) is 0 Å². The van der Waals surface area contributed by atoms with E-state index in [2.05, 4.69) is 0 Å². The van der Waals surface area contributed by atoms with Crippen LogP contribution in [0.1, 0.15) is 82.1 Å². The summed E-state index contributed by atoms with van der Waals surface area (Å²) in [4.78, 5) is 73.8. The van der Waals surface area contributed by atoms with Gasteiger partial charge in [0, 0.05) is 59.5 Å². The largest absolute Gasteiger partial charge is 0.461 e. The molecule has 0 aromatic carbocycles. The minimum absolute atomic E-state index is 0.139. The molecular formula is C32H44O13. The van der Waals surface area contributed by atoms with Gasteiger partial charge in [-0.3, -0.25) is 28.8 Å². The van der Waals surface area contributed by atoms with Crippen LogP contribution in [0.25, 0.3) is 0 Å². The molecule has 2 bridgehead atoms. The molecule has 0 aromatic heterocycles. The molecule has 0 saturated carbocycles. The fraction of sp³-hybridized carbons (Fsp3) is 0.625. The summed E-state index contributed by atoms with van der Waals surface area (Å²) in [7, 11) is 0. The highest BCUT2D eigenvalue weighted by atomic mass is 16.6. The van der Waals surface area contributed by atoms with Crippen LogP contribution < -0.4 is 0 Å². The SMILES string of the molecule is CC(=O)OCC1=C[C@H](OC(C)=O)[C@@H]2C[C@H](OC(C)=O)C(C)=C([C@@H](OC(C)=O)/C(OC(C)=O)=C(/C)[C@@H](OC(C)=O)C[C@@H]1O)C2(C)C. The summed E-state index contributed by atoms with van der Waals surface area (Å²) >= 11 is 0. The Labute approximate surface area is 262 Å². The number of hydrogen-bond donors (Lipinski definition) is 1.